The van der Waals surface area contributed by atoms with Gasteiger partial charge in [-0.15, -0.1) is 0 Å². The first-order valence-corrected chi connectivity index (χ1v) is 10.3. The van der Waals surface area contributed by atoms with Gasteiger partial charge in [0, 0.05) is 18.2 Å². The number of anilines is 3. The topological polar surface area (TPSA) is 83.5 Å². The van der Waals surface area contributed by atoms with E-state index >= 15 is 0 Å². The van der Waals surface area contributed by atoms with Gasteiger partial charge in [0.05, 0.1) is 24.1 Å². The molecule has 3 aromatic rings. The zero-order valence-corrected chi connectivity index (χ0v) is 17.5. The number of ether oxygens (including phenoxy) is 1. The van der Waals surface area contributed by atoms with Crippen LogP contribution in [0.1, 0.15) is 18.4 Å². The number of fused-ring (bicyclic) bond motifs is 3. The van der Waals surface area contributed by atoms with E-state index in [4.69, 9.17) is 4.74 Å². The molecule has 11 heteroatoms. The molecule has 1 saturated heterocycles. The number of hydrogen-bond donors (Lipinski definition) is 1. The second-order valence-electron chi connectivity index (χ2n) is 7.68. The lowest BCUT2D eigenvalue weighted by atomic mass is 10.1. The molecule has 2 aromatic heterocycles. The average Bonchev–Trinajstić information content (AvgIpc) is 3.39. The van der Waals surface area contributed by atoms with Crippen LogP contribution in [0, 0.1) is 0 Å². The Kier molecular flexibility index (Phi) is 5.03. The van der Waals surface area contributed by atoms with Gasteiger partial charge in [-0.25, -0.2) is 19.7 Å². The number of nitrogens with one attached hydrogen (secondary N) is 1. The van der Waals surface area contributed by atoms with E-state index in [1.807, 2.05) is 0 Å². The number of alkyl halides is 3. The number of carbonyl (C=O) groups is 1. The molecule has 170 valence electrons. The fourth-order valence-electron chi connectivity index (χ4n) is 4.22. The van der Waals surface area contributed by atoms with E-state index < -0.39 is 17.8 Å². The lowest BCUT2D eigenvalue weighted by Gasteiger charge is -2.25. The molecule has 0 bridgehead atoms. The van der Waals surface area contributed by atoms with E-state index in [-0.39, 0.29) is 12.0 Å². The lowest BCUT2D eigenvalue weighted by molar-refractivity contribution is -0.137. The smallest absolute Gasteiger partial charge is 0.416 e. The van der Waals surface area contributed by atoms with Crippen LogP contribution in [-0.2, 0) is 6.18 Å². The number of methoxy groups -OCH3 is 1. The van der Waals surface area contributed by atoms with Crippen LogP contribution in [0.15, 0.2) is 48.8 Å². The van der Waals surface area contributed by atoms with Crippen molar-refractivity contribution >= 4 is 23.4 Å². The Bertz CT molecular complexity index is 1220. The highest BCUT2D eigenvalue weighted by molar-refractivity contribution is 6.05. The highest BCUT2D eigenvalue weighted by atomic mass is 19.4. The zero-order valence-electron chi connectivity index (χ0n) is 17.5. The molecular weight excluding hydrogens is 437 g/mol. The maximum Gasteiger partial charge on any atom is 0.416 e. The van der Waals surface area contributed by atoms with Crippen LogP contribution < -0.4 is 19.9 Å². The minimum atomic E-state index is -4.46. The minimum Gasteiger partial charge on any atom is -0.481 e. The van der Waals surface area contributed by atoms with Crippen molar-refractivity contribution in [3.63, 3.8) is 0 Å². The number of rotatable bonds is 3. The van der Waals surface area contributed by atoms with Crippen molar-refractivity contribution in [2.45, 2.75) is 25.2 Å². The quantitative estimate of drug-likeness (QED) is 0.623. The summed E-state index contributed by atoms with van der Waals surface area (Å²) in [5.74, 6) is 0.960. The van der Waals surface area contributed by atoms with Gasteiger partial charge in [-0.1, -0.05) is 12.1 Å². The summed E-state index contributed by atoms with van der Waals surface area (Å²) in [6, 6.07) is 9.52. The summed E-state index contributed by atoms with van der Waals surface area (Å²) in [5, 5.41) is 2.74. The normalized spacial score (nSPS) is 17.0. The summed E-state index contributed by atoms with van der Waals surface area (Å²) < 4.78 is 44.6. The number of aromatic nitrogens is 3. The molecule has 2 amide bonds. The van der Waals surface area contributed by atoms with E-state index in [9.17, 15) is 18.0 Å². The van der Waals surface area contributed by atoms with E-state index in [1.54, 1.807) is 18.2 Å². The Morgan fingerprint density at radius 3 is 2.82 bits per heavy atom. The first-order valence-electron chi connectivity index (χ1n) is 10.3. The number of pyridine rings is 1. The van der Waals surface area contributed by atoms with Crippen LogP contribution in [0.25, 0.3) is 11.3 Å². The average molecular weight is 456 g/mol. The van der Waals surface area contributed by atoms with Gasteiger partial charge in [-0.2, -0.15) is 13.2 Å². The number of hydrogen-bond acceptors (Lipinski definition) is 6. The first kappa shape index (κ1) is 21.0. The van der Waals surface area contributed by atoms with Gasteiger partial charge in [0.25, 0.3) is 0 Å². The van der Waals surface area contributed by atoms with Crippen LogP contribution >= 0.6 is 0 Å². The van der Waals surface area contributed by atoms with Crippen LogP contribution in [-0.4, -0.2) is 40.8 Å². The third-order valence-corrected chi connectivity index (χ3v) is 5.70. The fraction of sp³-hybridized carbons (Fsp3) is 0.273. The summed E-state index contributed by atoms with van der Waals surface area (Å²) in [6.45, 7) is 0.757. The monoisotopic (exact) mass is 456 g/mol. The molecule has 1 atom stereocenters. The van der Waals surface area contributed by atoms with E-state index in [2.05, 4.69) is 25.2 Å². The number of carbonyl (C=O) groups excluding carboxylic acids is 1. The summed E-state index contributed by atoms with van der Waals surface area (Å²) in [6.07, 6.45) is -1.76. The van der Waals surface area contributed by atoms with E-state index in [0.29, 0.717) is 23.0 Å². The molecule has 0 spiro atoms. The Morgan fingerprint density at radius 2 is 2.03 bits per heavy atom. The number of amides is 2. The summed E-state index contributed by atoms with van der Waals surface area (Å²) in [5.41, 5.74) is 0.682. The Morgan fingerprint density at radius 1 is 1.18 bits per heavy atom. The first-order chi connectivity index (χ1) is 15.8. The Labute approximate surface area is 187 Å². The minimum absolute atomic E-state index is 0.229. The predicted molar refractivity (Wildman–Crippen MR) is 115 cm³/mol. The zero-order chi connectivity index (χ0) is 23.2. The van der Waals surface area contributed by atoms with Crippen LogP contribution in [0.3, 0.4) is 0 Å². The van der Waals surface area contributed by atoms with Crippen molar-refractivity contribution in [2.24, 2.45) is 0 Å². The van der Waals surface area contributed by atoms with E-state index in [1.165, 1.54) is 30.5 Å². The summed E-state index contributed by atoms with van der Waals surface area (Å²) in [7, 11) is 1.46. The lowest BCUT2D eigenvalue weighted by Crippen LogP contribution is -2.45. The maximum atomic E-state index is 13.3. The molecule has 2 aliphatic heterocycles. The Balaban J connectivity index is 1.51. The van der Waals surface area contributed by atoms with Crippen molar-refractivity contribution in [1.82, 2.24) is 15.0 Å². The third kappa shape index (κ3) is 3.79. The van der Waals surface area contributed by atoms with Gasteiger partial charge in [0.15, 0.2) is 5.82 Å². The molecular formula is C22H19F3N6O2. The molecule has 33 heavy (non-hydrogen) atoms. The van der Waals surface area contributed by atoms with Crippen molar-refractivity contribution in [3.8, 4) is 17.1 Å². The van der Waals surface area contributed by atoms with Gasteiger partial charge in [-0.05, 0) is 37.1 Å². The predicted octanol–water partition coefficient (Wildman–Crippen LogP) is 4.54. The summed E-state index contributed by atoms with van der Waals surface area (Å²) >= 11 is 0. The standard InChI is InChI=1S/C22H19F3N6O2/c1-33-18-11-17(26-12-27-18)29-21(32)31-19-6-3-9-30(19)16-8-7-15(28-20(16)31)13-4-2-5-14(10-13)22(23,24)25/h2,4-5,7-8,10-12,19H,3,6,9H2,1H3,(H,26,27,29,32)/t19-/m1/s1. The molecule has 1 fully saturated rings. The van der Waals surface area contributed by atoms with Gasteiger partial charge in [-0.3, -0.25) is 10.2 Å². The van der Waals surface area contributed by atoms with Crippen molar-refractivity contribution in [1.29, 1.82) is 0 Å². The number of nitrogens with zero attached hydrogens (tertiary/aromatic N) is 5. The highest BCUT2D eigenvalue weighted by Crippen LogP contribution is 2.44. The van der Waals surface area contributed by atoms with Gasteiger partial charge in [0.2, 0.25) is 5.88 Å². The third-order valence-electron chi connectivity index (χ3n) is 5.70. The molecule has 1 N–H and O–H groups in total. The van der Waals surface area contributed by atoms with Gasteiger partial charge >= 0.3 is 12.2 Å². The summed E-state index contributed by atoms with van der Waals surface area (Å²) in [4.78, 5) is 29.4. The molecule has 1 aromatic carbocycles. The van der Waals surface area contributed by atoms with E-state index in [0.717, 1.165) is 37.2 Å². The second kappa shape index (κ2) is 7.91. The highest BCUT2D eigenvalue weighted by Gasteiger charge is 2.43. The molecule has 0 unspecified atom stereocenters. The molecule has 4 heterocycles. The molecule has 8 nitrogen and oxygen atoms in total. The Hall–Kier alpha value is -3.89. The van der Waals surface area contributed by atoms with Crippen LogP contribution in [0.2, 0.25) is 0 Å². The fourth-order valence-corrected chi connectivity index (χ4v) is 4.22. The molecule has 5 rings (SSSR count). The van der Waals surface area contributed by atoms with Crippen molar-refractivity contribution in [2.75, 3.05) is 28.8 Å². The van der Waals surface area contributed by atoms with Crippen molar-refractivity contribution < 1.29 is 22.7 Å². The molecule has 0 aliphatic carbocycles. The van der Waals surface area contributed by atoms with Gasteiger partial charge in [0.1, 0.15) is 18.3 Å². The van der Waals surface area contributed by atoms with Crippen LogP contribution in [0.4, 0.5) is 35.3 Å². The SMILES string of the molecule is COc1cc(NC(=O)N2c3nc(-c4cccc(C(F)(F)F)c4)ccc3N3CCC[C@H]32)ncn1. The molecule has 2 aliphatic rings. The van der Waals surface area contributed by atoms with Crippen LogP contribution in [0.5, 0.6) is 5.88 Å². The van der Waals surface area contributed by atoms with Gasteiger partial charge < -0.3 is 9.64 Å². The largest absolute Gasteiger partial charge is 0.481 e. The maximum absolute atomic E-state index is 13.3. The molecule has 0 radical (unpaired) electrons. The number of benzene rings is 1. The number of urea groups is 1. The second-order valence-corrected chi connectivity index (χ2v) is 7.68. The molecule has 0 saturated carbocycles. The van der Waals surface area contributed by atoms with Crippen molar-refractivity contribution in [3.05, 3.63) is 54.4 Å². The number of halogens is 3.